The normalized spacial score (nSPS) is 12.2. The van der Waals surface area contributed by atoms with E-state index in [-0.39, 0.29) is 15.6 Å². The molecule has 0 amide bonds. The first-order valence-electron chi connectivity index (χ1n) is 3.80. The minimum Gasteiger partial charge on any atom is -0.475 e. The maximum atomic E-state index is 11.1. The highest BCUT2D eigenvalue weighted by atomic mass is 35.5. The molecule has 1 rings (SSSR count). The van der Waals surface area contributed by atoms with Crippen LogP contribution in [0.3, 0.4) is 0 Å². The molecule has 0 aliphatic rings. The predicted octanol–water partition coefficient (Wildman–Crippen LogP) is 2.93. The van der Waals surface area contributed by atoms with Gasteiger partial charge in [-0.1, -0.05) is 35.3 Å². The second kappa shape index (κ2) is 4.84. The average molecular weight is 267 g/mol. The number of ketones is 1. The standard InChI is InChI=1S/C9H5Cl3O3/c10-5-3-1-2-4(6(5)11)7(12)8(13)9(14)15/h1-3,7H,(H,14,15). The van der Waals surface area contributed by atoms with Crippen molar-refractivity contribution in [2.45, 2.75) is 5.38 Å². The zero-order chi connectivity index (χ0) is 11.6. The van der Waals surface area contributed by atoms with E-state index in [1.54, 1.807) is 0 Å². The van der Waals surface area contributed by atoms with Crippen LogP contribution in [0, 0.1) is 0 Å². The lowest BCUT2D eigenvalue weighted by Gasteiger charge is -2.08. The third-order valence-electron chi connectivity index (χ3n) is 1.70. The van der Waals surface area contributed by atoms with Crippen molar-refractivity contribution in [3.63, 3.8) is 0 Å². The van der Waals surface area contributed by atoms with Crippen molar-refractivity contribution >= 4 is 46.6 Å². The van der Waals surface area contributed by atoms with Crippen LogP contribution in [0.25, 0.3) is 0 Å². The molecule has 0 radical (unpaired) electrons. The molecule has 0 saturated carbocycles. The van der Waals surface area contributed by atoms with E-state index in [0.717, 1.165) is 0 Å². The lowest BCUT2D eigenvalue weighted by atomic mass is 10.1. The summed E-state index contributed by atoms with van der Waals surface area (Å²) < 4.78 is 0. The summed E-state index contributed by atoms with van der Waals surface area (Å²) >= 11 is 17.1. The van der Waals surface area contributed by atoms with Crippen LogP contribution in [0.4, 0.5) is 0 Å². The summed E-state index contributed by atoms with van der Waals surface area (Å²) in [5.41, 5.74) is 0.193. The number of carboxylic acid groups (broad SMARTS) is 1. The van der Waals surface area contributed by atoms with E-state index in [1.807, 2.05) is 0 Å². The molecular formula is C9H5Cl3O3. The second-order valence-electron chi connectivity index (χ2n) is 2.68. The topological polar surface area (TPSA) is 54.4 Å². The van der Waals surface area contributed by atoms with Crippen molar-refractivity contribution in [2.75, 3.05) is 0 Å². The number of alkyl halides is 1. The maximum absolute atomic E-state index is 11.1. The molecule has 1 aromatic rings. The monoisotopic (exact) mass is 266 g/mol. The third kappa shape index (κ3) is 2.62. The molecule has 0 heterocycles. The van der Waals surface area contributed by atoms with E-state index in [9.17, 15) is 9.59 Å². The summed E-state index contributed by atoms with van der Waals surface area (Å²) in [6.45, 7) is 0. The third-order valence-corrected chi connectivity index (χ3v) is 2.96. The van der Waals surface area contributed by atoms with Crippen molar-refractivity contribution < 1.29 is 14.7 Å². The highest BCUT2D eigenvalue weighted by Gasteiger charge is 2.26. The van der Waals surface area contributed by atoms with Crippen molar-refractivity contribution in [3.8, 4) is 0 Å². The molecular weight excluding hydrogens is 262 g/mol. The second-order valence-corrected chi connectivity index (χ2v) is 3.90. The predicted molar refractivity (Wildman–Crippen MR) is 57.7 cm³/mol. The Morgan fingerprint density at radius 1 is 1.27 bits per heavy atom. The number of hydrogen-bond donors (Lipinski definition) is 1. The first-order chi connectivity index (χ1) is 6.95. The van der Waals surface area contributed by atoms with Gasteiger partial charge in [0.25, 0.3) is 5.78 Å². The fourth-order valence-electron chi connectivity index (χ4n) is 0.966. The van der Waals surface area contributed by atoms with E-state index in [4.69, 9.17) is 39.9 Å². The van der Waals surface area contributed by atoms with Crippen molar-refractivity contribution in [3.05, 3.63) is 33.8 Å². The molecule has 80 valence electrons. The Labute approximate surface area is 101 Å². The van der Waals surface area contributed by atoms with Crippen LogP contribution in [-0.4, -0.2) is 16.9 Å². The average Bonchev–Trinajstić information content (AvgIpc) is 2.20. The number of rotatable bonds is 3. The fraction of sp³-hybridized carbons (Fsp3) is 0.111. The first kappa shape index (κ1) is 12.3. The summed E-state index contributed by atoms with van der Waals surface area (Å²) in [5, 5.41) is 7.45. The molecule has 1 atom stereocenters. The summed E-state index contributed by atoms with van der Waals surface area (Å²) in [6.07, 6.45) is 0. The molecule has 1 N–H and O–H groups in total. The quantitative estimate of drug-likeness (QED) is 0.677. The molecule has 6 heteroatoms. The van der Waals surface area contributed by atoms with Gasteiger partial charge in [-0.15, -0.1) is 11.6 Å². The lowest BCUT2D eigenvalue weighted by Crippen LogP contribution is -2.18. The van der Waals surface area contributed by atoms with Crippen molar-refractivity contribution in [2.24, 2.45) is 0 Å². The van der Waals surface area contributed by atoms with Gasteiger partial charge in [0.05, 0.1) is 10.0 Å². The molecule has 0 saturated heterocycles. The molecule has 0 aromatic heterocycles. The Balaban J connectivity index is 3.12. The van der Waals surface area contributed by atoms with Gasteiger partial charge in [-0.2, -0.15) is 0 Å². The van der Waals surface area contributed by atoms with E-state index in [0.29, 0.717) is 0 Å². The highest BCUT2D eigenvalue weighted by molar-refractivity contribution is 6.49. The fourth-order valence-corrected chi connectivity index (χ4v) is 1.71. The van der Waals surface area contributed by atoms with Gasteiger partial charge in [-0.05, 0) is 11.6 Å². The SMILES string of the molecule is O=C(O)C(=O)C(Cl)c1cccc(Cl)c1Cl. The molecule has 15 heavy (non-hydrogen) atoms. The Hall–Kier alpha value is -0.770. The zero-order valence-electron chi connectivity index (χ0n) is 7.21. The molecule has 0 aliphatic carbocycles. The smallest absolute Gasteiger partial charge is 0.374 e. The number of Topliss-reactive ketones (excluding diaryl/α,β-unsaturated/α-hetero) is 1. The van der Waals surface area contributed by atoms with Gasteiger partial charge in [0.1, 0.15) is 5.38 Å². The summed E-state index contributed by atoms with van der Waals surface area (Å²) in [5.74, 6) is -2.74. The van der Waals surface area contributed by atoms with E-state index >= 15 is 0 Å². The summed E-state index contributed by atoms with van der Waals surface area (Å²) in [7, 11) is 0. The van der Waals surface area contributed by atoms with Gasteiger partial charge in [-0.3, -0.25) is 4.79 Å². The Morgan fingerprint density at radius 3 is 2.40 bits per heavy atom. The van der Waals surface area contributed by atoms with Crippen LogP contribution >= 0.6 is 34.8 Å². The molecule has 1 unspecified atom stereocenters. The number of hydrogen-bond acceptors (Lipinski definition) is 2. The number of aliphatic carboxylic acids is 1. The van der Waals surface area contributed by atoms with Crippen LogP contribution in [-0.2, 0) is 9.59 Å². The first-order valence-corrected chi connectivity index (χ1v) is 4.99. The lowest BCUT2D eigenvalue weighted by molar-refractivity contribution is -0.148. The van der Waals surface area contributed by atoms with Crippen LogP contribution in [0.1, 0.15) is 10.9 Å². The number of halogens is 3. The molecule has 1 aromatic carbocycles. The van der Waals surface area contributed by atoms with Crippen LogP contribution in [0.2, 0.25) is 10.0 Å². The van der Waals surface area contributed by atoms with E-state index < -0.39 is 17.1 Å². The molecule has 0 spiro atoms. The van der Waals surface area contributed by atoms with Gasteiger partial charge in [0.15, 0.2) is 0 Å². The number of carbonyl (C=O) groups is 2. The number of carboxylic acids is 1. The Bertz CT molecular complexity index is 417. The Kier molecular flexibility index (Phi) is 3.97. The van der Waals surface area contributed by atoms with Crippen molar-refractivity contribution in [1.29, 1.82) is 0 Å². The molecule has 0 fully saturated rings. The zero-order valence-corrected chi connectivity index (χ0v) is 9.47. The van der Waals surface area contributed by atoms with Gasteiger partial charge in [0.2, 0.25) is 0 Å². The van der Waals surface area contributed by atoms with E-state index in [2.05, 4.69) is 0 Å². The summed E-state index contributed by atoms with van der Waals surface area (Å²) in [4.78, 5) is 21.5. The van der Waals surface area contributed by atoms with Gasteiger partial charge in [-0.25, -0.2) is 4.79 Å². The molecule has 0 bridgehead atoms. The van der Waals surface area contributed by atoms with Crippen LogP contribution in [0.5, 0.6) is 0 Å². The van der Waals surface area contributed by atoms with Gasteiger partial charge >= 0.3 is 5.97 Å². The van der Waals surface area contributed by atoms with Gasteiger partial charge in [0, 0.05) is 0 Å². The van der Waals surface area contributed by atoms with Crippen LogP contribution < -0.4 is 0 Å². The largest absolute Gasteiger partial charge is 0.475 e. The number of benzene rings is 1. The maximum Gasteiger partial charge on any atom is 0.374 e. The Morgan fingerprint density at radius 2 is 1.87 bits per heavy atom. The van der Waals surface area contributed by atoms with Gasteiger partial charge < -0.3 is 5.11 Å². The minimum absolute atomic E-state index is 0.0915. The van der Waals surface area contributed by atoms with E-state index in [1.165, 1.54) is 18.2 Å². The molecule has 3 nitrogen and oxygen atoms in total. The number of carbonyl (C=O) groups excluding carboxylic acids is 1. The molecule has 0 aliphatic heterocycles. The van der Waals surface area contributed by atoms with Crippen LogP contribution in [0.15, 0.2) is 18.2 Å². The van der Waals surface area contributed by atoms with Crippen molar-refractivity contribution in [1.82, 2.24) is 0 Å². The highest BCUT2D eigenvalue weighted by Crippen LogP contribution is 2.33. The summed E-state index contributed by atoms with van der Waals surface area (Å²) in [6, 6.07) is 4.50. The minimum atomic E-state index is -1.61.